The molecule has 2 N–H and O–H groups in total. The molecule has 1 unspecified atom stereocenters. The fraction of sp³-hybridized carbons (Fsp3) is 0.545. The number of aromatic nitrogens is 1. The van der Waals surface area contributed by atoms with Crippen molar-refractivity contribution in [1.82, 2.24) is 10.3 Å². The summed E-state index contributed by atoms with van der Waals surface area (Å²) in [6, 6.07) is 3.87. The van der Waals surface area contributed by atoms with Crippen LogP contribution in [-0.4, -0.2) is 29.3 Å². The predicted molar refractivity (Wildman–Crippen MR) is 57.1 cm³/mol. The number of aliphatic hydroxyl groups excluding tert-OH is 1. The zero-order valence-electron chi connectivity index (χ0n) is 8.61. The van der Waals surface area contributed by atoms with E-state index in [0.29, 0.717) is 13.0 Å². The SMILES string of the molecule is CCCNCC(O)Cc1cccnc1. The normalized spacial score (nSPS) is 12.7. The lowest BCUT2D eigenvalue weighted by Gasteiger charge is -2.10. The first-order valence-corrected chi connectivity index (χ1v) is 5.10. The summed E-state index contributed by atoms with van der Waals surface area (Å²) in [5, 5.41) is 12.8. The summed E-state index contributed by atoms with van der Waals surface area (Å²) in [6.07, 6.45) is 4.99. The number of nitrogens with one attached hydrogen (secondary N) is 1. The molecular formula is C11H18N2O. The Bertz CT molecular complexity index is 238. The van der Waals surface area contributed by atoms with Gasteiger partial charge in [0.25, 0.3) is 0 Å². The zero-order chi connectivity index (χ0) is 10.2. The summed E-state index contributed by atoms with van der Waals surface area (Å²) >= 11 is 0. The number of hydrogen-bond acceptors (Lipinski definition) is 3. The maximum absolute atomic E-state index is 9.64. The molecule has 1 rings (SSSR count). The first kappa shape index (κ1) is 11.1. The minimum absolute atomic E-state index is 0.314. The third kappa shape index (κ3) is 4.35. The van der Waals surface area contributed by atoms with Gasteiger partial charge in [-0.3, -0.25) is 4.98 Å². The van der Waals surface area contributed by atoms with Gasteiger partial charge in [-0.15, -0.1) is 0 Å². The third-order valence-electron chi connectivity index (χ3n) is 2.00. The van der Waals surface area contributed by atoms with Crippen molar-refractivity contribution in [3.8, 4) is 0 Å². The predicted octanol–water partition coefficient (Wildman–Crippen LogP) is 0.985. The molecule has 0 spiro atoms. The first-order chi connectivity index (χ1) is 6.83. The van der Waals surface area contributed by atoms with E-state index < -0.39 is 0 Å². The second-order valence-electron chi connectivity index (χ2n) is 3.42. The summed E-state index contributed by atoms with van der Waals surface area (Å²) in [7, 11) is 0. The summed E-state index contributed by atoms with van der Waals surface area (Å²) in [6.45, 7) is 3.73. The summed E-state index contributed by atoms with van der Waals surface area (Å²) in [5.74, 6) is 0. The highest BCUT2D eigenvalue weighted by Gasteiger charge is 2.04. The molecule has 1 atom stereocenters. The molecule has 0 saturated carbocycles. The molecule has 0 bridgehead atoms. The van der Waals surface area contributed by atoms with E-state index in [1.165, 1.54) is 0 Å². The molecule has 0 aliphatic heterocycles. The van der Waals surface area contributed by atoms with Crippen LogP contribution < -0.4 is 5.32 Å². The van der Waals surface area contributed by atoms with Gasteiger partial charge in [-0.1, -0.05) is 13.0 Å². The minimum atomic E-state index is -0.314. The molecule has 0 radical (unpaired) electrons. The monoisotopic (exact) mass is 194 g/mol. The fourth-order valence-corrected chi connectivity index (χ4v) is 1.31. The number of nitrogens with zero attached hydrogens (tertiary/aromatic N) is 1. The van der Waals surface area contributed by atoms with Crippen molar-refractivity contribution < 1.29 is 5.11 Å². The Morgan fingerprint density at radius 3 is 3.07 bits per heavy atom. The van der Waals surface area contributed by atoms with E-state index in [9.17, 15) is 5.11 Å². The highest BCUT2D eigenvalue weighted by atomic mass is 16.3. The molecule has 0 saturated heterocycles. The average molecular weight is 194 g/mol. The second kappa shape index (κ2) is 6.51. The van der Waals surface area contributed by atoms with Crippen LogP contribution in [0, 0.1) is 0 Å². The van der Waals surface area contributed by atoms with Crippen LogP contribution in [0.15, 0.2) is 24.5 Å². The van der Waals surface area contributed by atoms with Gasteiger partial charge in [0, 0.05) is 25.4 Å². The van der Waals surface area contributed by atoms with Crippen LogP contribution in [-0.2, 0) is 6.42 Å². The molecule has 1 aromatic heterocycles. The van der Waals surface area contributed by atoms with Crippen molar-refractivity contribution >= 4 is 0 Å². The lowest BCUT2D eigenvalue weighted by atomic mass is 10.1. The minimum Gasteiger partial charge on any atom is -0.391 e. The second-order valence-corrected chi connectivity index (χ2v) is 3.42. The molecule has 14 heavy (non-hydrogen) atoms. The Hall–Kier alpha value is -0.930. The van der Waals surface area contributed by atoms with Crippen LogP contribution in [0.25, 0.3) is 0 Å². The zero-order valence-corrected chi connectivity index (χ0v) is 8.61. The molecule has 0 fully saturated rings. The van der Waals surface area contributed by atoms with Crippen molar-refractivity contribution in [1.29, 1.82) is 0 Å². The Kier molecular flexibility index (Phi) is 5.19. The van der Waals surface area contributed by atoms with Crippen LogP contribution >= 0.6 is 0 Å². The van der Waals surface area contributed by atoms with Gasteiger partial charge in [-0.25, -0.2) is 0 Å². The van der Waals surface area contributed by atoms with Crippen molar-refractivity contribution in [2.45, 2.75) is 25.9 Å². The number of aliphatic hydroxyl groups is 1. The summed E-state index contributed by atoms with van der Waals surface area (Å²) < 4.78 is 0. The van der Waals surface area contributed by atoms with Crippen LogP contribution in [0.3, 0.4) is 0 Å². The molecule has 3 heteroatoms. The Morgan fingerprint density at radius 1 is 1.57 bits per heavy atom. The topological polar surface area (TPSA) is 45.1 Å². The Morgan fingerprint density at radius 2 is 2.43 bits per heavy atom. The molecule has 0 amide bonds. The molecule has 0 aromatic carbocycles. The van der Waals surface area contributed by atoms with Gasteiger partial charge in [0.1, 0.15) is 0 Å². The van der Waals surface area contributed by atoms with Crippen LogP contribution in [0.4, 0.5) is 0 Å². The largest absolute Gasteiger partial charge is 0.391 e. The van der Waals surface area contributed by atoms with Gasteiger partial charge in [0.2, 0.25) is 0 Å². The van der Waals surface area contributed by atoms with E-state index in [1.807, 2.05) is 12.1 Å². The molecule has 78 valence electrons. The fourth-order valence-electron chi connectivity index (χ4n) is 1.31. The van der Waals surface area contributed by atoms with E-state index in [2.05, 4.69) is 17.2 Å². The van der Waals surface area contributed by atoms with Gasteiger partial charge >= 0.3 is 0 Å². The van der Waals surface area contributed by atoms with Crippen molar-refractivity contribution in [2.24, 2.45) is 0 Å². The van der Waals surface area contributed by atoms with E-state index in [0.717, 1.165) is 18.5 Å². The summed E-state index contributed by atoms with van der Waals surface area (Å²) in [5.41, 5.74) is 1.08. The molecule has 0 aliphatic rings. The molecule has 1 aromatic rings. The smallest absolute Gasteiger partial charge is 0.0705 e. The molecule has 3 nitrogen and oxygen atoms in total. The van der Waals surface area contributed by atoms with Gasteiger partial charge in [-0.05, 0) is 24.6 Å². The van der Waals surface area contributed by atoms with Gasteiger partial charge in [0.15, 0.2) is 0 Å². The van der Waals surface area contributed by atoms with E-state index in [1.54, 1.807) is 12.4 Å². The first-order valence-electron chi connectivity index (χ1n) is 5.10. The number of rotatable bonds is 6. The van der Waals surface area contributed by atoms with Gasteiger partial charge in [0.05, 0.1) is 6.10 Å². The standard InChI is InChI=1S/C11H18N2O/c1-2-5-12-9-11(14)7-10-4-3-6-13-8-10/h3-4,6,8,11-12,14H,2,5,7,9H2,1H3. The lowest BCUT2D eigenvalue weighted by molar-refractivity contribution is 0.172. The quantitative estimate of drug-likeness (QED) is 0.664. The molecule has 1 heterocycles. The molecule has 0 aliphatic carbocycles. The van der Waals surface area contributed by atoms with Crippen molar-refractivity contribution in [3.63, 3.8) is 0 Å². The van der Waals surface area contributed by atoms with Crippen LogP contribution in [0.1, 0.15) is 18.9 Å². The highest BCUT2D eigenvalue weighted by Crippen LogP contribution is 2.00. The van der Waals surface area contributed by atoms with Crippen molar-refractivity contribution in [3.05, 3.63) is 30.1 Å². The van der Waals surface area contributed by atoms with E-state index >= 15 is 0 Å². The highest BCUT2D eigenvalue weighted by molar-refractivity contribution is 5.09. The Balaban J connectivity index is 2.23. The van der Waals surface area contributed by atoms with Crippen molar-refractivity contribution in [2.75, 3.05) is 13.1 Å². The number of pyridine rings is 1. The Labute approximate surface area is 85.2 Å². The van der Waals surface area contributed by atoms with Gasteiger partial charge in [-0.2, -0.15) is 0 Å². The van der Waals surface area contributed by atoms with Gasteiger partial charge < -0.3 is 10.4 Å². The van der Waals surface area contributed by atoms with Crippen LogP contribution in [0.2, 0.25) is 0 Å². The maximum Gasteiger partial charge on any atom is 0.0705 e. The third-order valence-corrected chi connectivity index (χ3v) is 2.00. The van der Waals surface area contributed by atoms with E-state index in [4.69, 9.17) is 0 Å². The molecular weight excluding hydrogens is 176 g/mol. The van der Waals surface area contributed by atoms with Crippen LogP contribution in [0.5, 0.6) is 0 Å². The van der Waals surface area contributed by atoms with E-state index in [-0.39, 0.29) is 6.10 Å². The number of hydrogen-bond donors (Lipinski definition) is 2. The average Bonchev–Trinajstić information content (AvgIpc) is 2.20. The lowest BCUT2D eigenvalue weighted by Crippen LogP contribution is -2.28. The summed E-state index contributed by atoms with van der Waals surface area (Å²) in [4.78, 5) is 4.00. The maximum atomic E-state index is 9.64.